The van der Waals surface area contributed by atoms with E-state index >= 15 is 0 Å². The molecule has 0 aliphatic carbocycles. The molecule has 1 rings (SSSR count). The van der Waals surface area contributed by atoms with Crippen molar-refractivity contribution in [3.8, 4) is 0 Å². The van der Waals surface area contributed by atoms with Gasteiger partial charge < -0.3 is 10.6 Å². The van der Waals surface area contributed by atoms with Gasteiger partial charge in [-0.25, -0.2) is 0 Å². The van der Waals surface area contributed by atoms with Gasteiger partial charge in [0, 0.05) is 24.6 Å². The zero-order valence-corrected chi connectivity index (χ0v) is 10.4. The first-order valence-electron chi connectivity index (χ1n) is 4.91. The second-order valence-corrected chi connectivity index (χ2v) is 6.44. The summed E-state index contributed by atoms with van der Waals surface area (Å²) in [6.07, 6.45) is 0. The number of hydrogen-bond acceptors (Lipinski definition) is 4. The first-order chi connectivity index (χ1) is 6.63. The second kappa shape index (κ2) is 5.88. The van der Waals surface area contributed by atoms with Gasteiger partial charge in [-0.1, -0.05) is 35.4 Å². The molecule has 5 heteroatoms. The molecule has 2 N–H and O–H groups in total. The highest BCUT2D eigenvalue weighted by Crippen LogP contribution is 2.24. The molecular formula is C9H18N2OS2. The molecule has 1 aliphatic rings. The molecule has 0 spiro atoms. The van der Waals surface area contributed by atoms with Crippen LogP contribution in [-0.2, 0) is 4.79 Å². The van der Waals surface area contributed by atoms with E-state index in [9.17, 15) is 4.79 Å². The van der Waals surface area contributed by atoms with Crippen molar-refractivity contribution in [2.75, 3.05) is 24.6 Å². The summed E-state index contributed by atoms with van der Waals surface area (Å²) in [6, 6.07) is -0.330. The molecule has 14 heavy (non-hydrogen) atoms. The standard InChI is InChI=1S/C9H18N2OS2/c1-7(2)8(10)9(12)11-3-5-13-14-6-4-11/h7-8H,3-6,10H2,1-2H3/t8-/m0/s1. The Morgan fingerprint density at radius 1 is 1.29 bits per heavy atom. The van der Waals surface area contributed by atoms with Crippen LogP contribution in [-0.4, -0.2) is 41.4 Å². The fraction of sp³-hybridized carbons (Fsp3) is 0.889. The van der Waals surface area contributed by atoms with Crippen molar-refractivity contribution in [2.45, 2.75) is 19.9 Å². The monoisotopic (exact) mass is 234 g/mol. The molecule has 1 aliphatic heterocycles. The smallest absolute Gasteiger partial charge is 0.239 e. The van der Waals surface area contributed by atoms with Crippen LogP contribution in [0, 0.1) is 5.92 Å². The third-order valence-corrected chi connectivity index (χ3v) is 4.65. The van der Waals surface area contributed by atoms with Crippen molar-refractivity contribution >= 4 is 27.5 Å². The number of hydrogen-bond donors (Lipinski definition) is 1. The number of amides is 1. The van der Waals surface area contributed by atoms with E-state index in [1.165, 1.54) is 0 Å². The highest BCUT2D eigenvalue weighted by molar-refractivity contribution is 8.76. The normalized spacial score (nSPS) is 20.7. The van der Waals surface area contributed by atoms with E-state index in [0.717, 1.165) is 24.6 Å². The molecule has 0 radical (unpaired) electrons. The summed E-state index contributed by atoms with van der Waals surface area (Å²) in [5.41, 5.74) is 5.84. The van der Waals surface area contributed by atoms with E-state index in [1.54, 1.807) is 0 Å². The minimum Gasteiger partial charge on any atom is -0.340 e. The van der Waals surface area contributed by atoms with Gasteiger partial charge in [0.25, 0.3) is 0 Å². The van der Waals surface area contributed by atoms with E-state index in [-0.39, 0.29) is 17.9 Å². The molecule has 0 bridgehead atoms. The van der Waals surface area contributed by atoms with Crippen LogP contribution < -0.4 is 5.73 Å². The molecule has 0 aromatic rings. The fourth-order valence-electron chi connectivity index (χ4n) is 1.24. The van der Waals surface area contributed by atoms with Gasteiger partial charge in [0.15, 0.2) is 0 Å². The number of rotatable bonds is 2. The average Bonchev–Trinajstić information content (AvgIpc) is 2.43. The second-order valence-electron chi connectivity index (χ2n) is 3.74. The quantitative estimate of drug-likeness (QED) is 0.729. The fourth-order valence-corrected chi connectivity index (χ4v) is 3.22. The Morgan fingerprint density at radius 3 is 2.21 bits per heavy atom. The van der Waals surface area contributed by atoms with Crippen molar-refractivity contribution in [3.05, 3.63) is 0 Å². The number of carbonyl (C=O) groups is 1. The number of nitrogens with two attached hydrogens (primary N) is 1. The molecule has 0 unspecified atom stereocenters. The molecule has 1 heterocycles. The molecule has 1 amide bonds. The van der Waals surface area contributed by atoms with Crippen molar-refractivity contribution in [1.82, 2.24) is 4.90 Å². The zero-order chi connectivity index (χ0) is 10.6. The molecule has 1 fully saturated rings. The van der Waals surface area contributed by atoms with Gasteiger partial charge in [-0.05, 0) is 5.92 Å². The largest absolute Gasteiger partial charge is 0.340 e. The molecule has 0 saturated carbocycles. The van der Waals surface area contributed by atoms with Crippen LogP contribution in [0.15, 0.2) is 0 Å². The molecule has 82 valence electrons. The third kappa shape index (κ3) is 3.37. The SMILES string of the molecule is CC(C)[C@H](N)C(=O)N1CCSSCC1. The Balaban J connectivity index is 2.49. The predicted molar refractivity (Wildman–Crippen MR) is 64.3 cm³/mol. The van der Waals surface area contributed by atoms with Gasteiger partial charge in [0.1, 0.15) is 0 Å². The number of nitrogens with zero attached hydrogens (tertiary/aromatic N) is 1. The Morgan fingerprint density at radius 2 is 1.79 bits per heavy atom. The van der Waals surface area contributed by atoms with Crippen molar-refractivity contribution in [1.29, 1.82) is 0 Å². The minimum absolute atomic E-state index is 0.114. The Kier molecular flexibility index (Phi) is 5.12. The van der Waals surface area contributed by atoms with Gasteiger partial charge in [0.05, 0.1) is 6.04 Å². The highest BCUT2D eigenvalue weighted by Gasteiger charge is 2.23. The maximum atomic E-state index is 11.9. The lowest BCUT2D eigenvalue weighted by Crippen LogP contribution is -2.47. The highest BCUT2D eigenvalue weighted by atomic mass is 33.1. The topological polar surface area (TPSA) is 46.3 Å². The average molecular weight is 234 g/mol. The maximum Gasteiger partial charge on any atom is 0.239 e. The maximum absolute atomic E-state index is 11.9. The van der Waals surface area contributed by atoms with Crippen LogP contribution in [0.4, 0.5) is 0 Å². The summed E-state index contributed by atoms with van der Waals surface area (Å²) < 4.78 is 0. The van der Waals surface area contributed by atoms with Crippen LogP contribution in [0.3, 0.4) is 0 Å². The summed E-state index contributed by atoms with van der Waals surface area (Å²) in [5, 5.41) is 0. The lowest BCUT2D eigenvalue weighted by Gasteiger charge is -2.25. The van der Waals surface area contributed by atoms with E-state index in [2.05, 4.69) is 0 Å². The zero-order valence-electron chi connectivity index (χ0n) is 8.73. The summed E-state index contributed by atoms with van der Waals surface area (Å²) in [5.74, 6) is 2.37. The van der Waals surface area contributed by atoms with Crippen molar-refractivity contribution in [2.24, 2.45) is 11.7 Å². The van der Waals surface area contributed by atoms with E-state index < -0.39 is 0 Å². The summed E-state index contributed by atoms with van der Waals surface area (Å²) >= 11 is 0. The van der Waals surface area contributed by atoms with Crippen LogP contribution in [0.1, 0.15) is 13.8 Å². The first kappa shape index (κ1) is 12.2. The van der Waals surface area contributed by atoms with E-state index in [4.69, 9.17) is 5.73 Å². The Hall–Kier alpha value is 0.130. The first-order valence-corrected chi connectivity index (χ1v) is 7.40. The van der Waals surface area contributed by atoms with Crippen molar-refractivity contribution < 1.29 is 4.79 Å². The molecule has 3 nitrogen and oxygen atoms in total. The molecule has 1 saturated heterocycles. The summed E-state index contributed by atoms with van der Waals surface area (Å²) in [4.78, 5) is 13.8. The summed E-state index contributed by atoms with van der Waals surface area (Å²) in [7, 11) is 3.68. The van der Waals surface area contributed by atoms with Crippen LogP contribution in [0.25, 0.3) is 0 Å². The van der Waals surface area contributed by atoms with Gasteiger partial charge >= 0.3 is 0 Å². The molecule has 0 aromatic carbocycles. The number of carbonyl (C=O) groups excluding carboxylic acids is 1. The lowest BCUT2D eigenvalue weighted by atomic mass is 10.0. The van der Waals surface area contributed by atoms with E-state index in [1.807, 2.05) is 40.3 Å². The third-order valence-electron chi connectivity index (χ3n) is 2.29. The summed E-state index contributed by atoms with van der Waals surface area (Å²) in [6.45, 7) is 5.67. The predicted octanol–water partition coefficient (Wildman–Crippen LogP) is 1.19. The lowest BCUT2D eigenvalue weighted by molar-refractivity contribution is -0.133. The van der Waals surface area contributed by atoms with Crippen molar-refractivity contribution in [3.63, 3.8) is 0 Å². The van der Waals surface area contributed by atoms with Gasteiger partial charge in [-0.15, -0.1) is 0 Å². The van der Waals surface area contributed by atoms with Gasteiger partial charge in [-0.2, -0.15) is 0 Å². The Bertz CT molecular complexity index is 191. The van der Waals surface area contributed by atoms with E-state index in [0.29, 0.717) is 0 Å². The minimum atomic E-state index is -0.330. The van der Waals surface area contributed by atoms with Gasteiger partial charge in [-0.3, -0.25) is 4.79 Å². The van der Waals surface area contributed by atoms with Gasteiger partial charge in [0.2, 0.25) is 5.91 Å². The van der Waals surface area contributed by atoms with Crippen LogP contribution in [0.2, 0.25) is 0 Å². The molecular weight excluding hydrogens is 216 g/mol. The molecule has 0 aromatic heterocycles. The molecule has 1 atom stereocenters. The Labute approximate surface area is 93.6 Å². The van der Waals surface area contributed by atoms with Crippen LogP contribution in [0.5, 0.6) is 0 Å². The van der Waals surface area contributed by atoms with Crippen LogP contribution >= 0.6 is 21.6 Å².